The Hall–Kier alpha value is -1.72. The summed E-state index contributed by atoms with van der Waals surface area (Å²) in [4.78, 5) is 12.2. The van der Waals surface area contributed by atoms with Crippen LogP contribution >= 0.6 is 11.6 Å². The second kappa shape index (κ2) is 5.07. The van der Waals surface area contributed by atoms with Crippen molar-refractivity contribution in [3.05, 3.63) is 41.1 Å². The van der Waals surface area contributed by atoms with Crippen molar-refractivity contribution in [2.24, 2.45) is 5.73 Å². The monoisotopic (exact) mass is 250 g/mol. The predicted octanol–water partition coefficient (Wildman–Crippen LogP) is 2.08. The van der Waals surface area contributed by atoms with Gasteiger partial charge in [-0.25, -0.2) is 4.98 Å². The molecule has 2 aromatic rings. The molecule has 6 heteroatoms. The molecule has 0 saturated carbocycles. The maximum atomic E-state index is 5.82. The SMILES string of the molecule is Cc1ncc(CN)c(Oc2cncc(Cl)c2)n1. The molecule has 2 aromatic heterocycles. The zero-order valence-electron chi connectivity index (χ0n) is 9.22. The Labute approximate surface area is 104 Å². The molecule has 0 saturated heterocycles. The van der Waals surface area contributed by atoms with Gasteiger partial charge in [-0.3, -0.25) is 4.98 Å². The number of hydrogen-bond acceptors (Lipinski definition) is 5. The number of aromatic nitrogens is 3. The van der Waals surface area contributed by atoms with Gasteiger partial charge < -0.3 is 10.5 Å². The fourth-order valence-electron chi connectivity index (χ4n) is 1.26. The molecule has 5 nitrogen and oxygen atoms in total. The van der Waals surface area contributed by atoms with Crippen molar-refractivity contribution in [2.45, 2.75) is 13.5 Å². The van der Waals surface area contributed by atoms with Gasteiger partial charge >= 0.3 is 0 Å². The van der Waals surface area contributed by atoms with Crippen LogP contribution in [0.4, 0.5) is 0 Å². The standard InChI is InChI=1S/C11H11ClN4O/c1-7-15-4-8(3-13)11(16-7)17-10-2-9(12)5-14-6-10/h2,4-6H,3,13H2,1H3. The van der Waals surface area contributed by atoms with Gasteiger partial charge in [-0.05, 0) is 6.92 Å². The Kier molecular flexibility index (Phi) is 3.51. The van der Waals surface area contributed by atoms with E-state index in [0.717, 1.165) is 5.56 Å². The second-order valence-electron chi connectivity index (χ2n) is 3.39. The number of halogens is 1. The van der Waals surface area contributed by atoms with Gasteiger partial charge in [-0.2, -0.15) is 4.98 Å². The van der Waals surface area contributed by atoms with E-state index in [-0.39, 0.29) is 0 Å². The Bertz CT molecular complexity index is 533. The van der Waals surface area contributed by atoms with Gasteiger partial charge in [0.1, 0.15) is 11.6 Å². The van der Waals surface area contributed by atoms with Gasteiger partial charge in [-0.1, -0.05) is 11.6 Å². The third kappa shape index (κ3) is 2.89. The zero-order chi connectivity index (χ0) is 12.3. The zero-order valence-corrected chi connectivity index (χ0v) is 9.98. The Balaban J connectivity index is 2.32. The van der Waals surface area contributed by atoms with Crippen molar-refractivity contribution in [3.63, 3.8) is 0 Å². The molecule has 0 aliphatic rings. The van der Waals surface area contributed by atoms with Crippen molar-refractivity contribution in [3.8, 4) is 11.6 Å². The molecule has 0 amide bonds. The third-order valence-corrected chi connectivity index (χ3v) is 2.27. The average molecular weight is 251 g/mol. The van der Waals surface area contributed by atoms with Gasteiger partial charge in [0.2, 0.25) is 5.88 Å². The fraction of sp³-hybridized carbons (Fsp3) is 0.182. The number of hydrogen-bond donors (Lipinski definition) is 1. The van der Waals surface area contributed by atoms with E-state index in [4.69, 9.17) is 22.1 Å². The number of pyridine rings is 1. The molecule has 0 spiro atoms. The highest BCUT2D eigenvalue weighted by atomic mass is 35.5. The van der Waals surface area contributed by atoms with Crippen LogP contribution < -0.4 is 10.5 Å². The van der Waals surface area contributed by atoms with Crippen LogP contribution in [0, 0.1) is 6.92 Å². The summed E-state index contributed by atoms with van der Waals surface area (Å²) >= 11 is 5.82. The molecule has 0 aliphatic carbocycles. The second-order valence-corrected chi connectivity index (χ2v) is 3.83. The van der Waals surface area contributed by atoms with Crippen molar-refractivity contribution >= 4 is 11.6 Å². The van der Waals surface area contributed by atoms with Crippen LogP contribution in [-0.2, 0) is 6.54 Å². The minimum Gasteiger partial charge on any atom is -0.437 e. The maximum absolute atomic E-state index is 5.82. The van der Waals surface area contributed by atoms with E-state index in [2.05, 4.69) is 15.0 Å². The topological polar surface area (TPSA) is 73.9 Å². The third-order valence-electron chi connectivity index (χ3n) is 2.06. The van der Waals surface area contributed by atoms with Gasteiger partial charge in [0.15, 0.2) is 0 Å². The molecule has 2 rings (SSSR count). The van der Waals surface area contributed by atoms with Gasteiger partial charge in [0, 0.05) is 30.6 Å². The number of nitrogens with zero attached hydrogens (tertiary/aromatic N) is 3. The van der Waals surface area contributed by atoms with E-state index >= 15 is 0 Å². The van der Waals surface area contributed by atoms with Crippen molar-refractivity contribution in [2.75, 3.05) is 0 Å². The first-order valence-corrected chi connectivity index (χ1v) is 5.38. The molecule has 0 bridgehead atoms. The largest absolute Gasteiger partial charge is 0.437 e. The lowest BCUT2D eigenvalue weighted by Crippen LogP contribution is -2.03. The highest BCUT2D eigenvalue weighted by Gasteiger charge is 2.07. The summed E-state index contributed by atoms with van der Waals surface area (Å²) in [5.41, 5.74) is 6.31. The minimum atomic E-state index is 0.309. The summed E-state index contributed by atoms with van der Waals surface area (Å²) in [5, 5.41) is 0.502. The molecule has 0 unspecified atom stereocenters. The summed E-state index contributed by atoms with van der Waals surface area (Å²) in [5.74, 6) is 1.57. The summed E-state index contributed by atoms with van der Waals surface area (Å²) in [6.07, 6.45) is 4.74. The first-order chi connectivity index (χ1) is 8.19. The lowest BCUT2D eigenvalue weighted by Gasteiger charge is -2.08. The van der Waals surface area contributed by atoms with E-state index < -0.39 is 0 Å². The van der Waals surface area contributed by atoms with Crippen molar-refractivity contribution in [1.82, 2.24) is 15.0 Å². The number of ether oxygens (including phenoxy) is 1. The van der Waals surface area contributed by atoms with Crippen LogP contribution in [-0.4, -0.2) is 15.0 Å². The van der Waals surface area contributed by atoms with Crippen LogP contribution in [0.1, 0.15) is 11.4 Å². The highest BCUT2D eigenvalue weighted by molar-refractivity contribution is 6.30. The summed E-state index contributed by atoms with van der Waals surface area (Å²) in [7, 11) is 0. The lowest BCUT2D eigenvalue weighted by atomic mass is 10.3. The molecule has 0 aliphatic heterocycles. The molecular weight excluding hydrogens is 240 g/mol. The molecule has 88 valence electrons. The van der Waals surface area contributed by atoms with E-state index in [0.29, 0.717) is 29.0 Å². The van der Waals surface area contributed by atoms with Crippen LogP contribution in [0.3, 0.4) is 0 Å². The van der Waals surface area contributed by atoms with Crippen LogP contribution in [0.15, 0.2) is 24.7 Å². The normalized spacial score (nSPS) is 10.3. The first kappa shape index (κ1) is 11.8. The summed E-state index contributed by atoms with van der Waals surface area (Å²) < 4.78 is 5.58. The molecule has 0 aromatic carbocycles. The molecule has 0 fully saturated rings. The summed E-state index contributed by atoms with van der Waals surface area (Å²) in [6.45, 7) is 2.09. The highest BCUT2D eigenvalue weighted by Crippen LogP contribution is 2.23. The number of aryl methyl sites for hydroxylation is 1. The summed E-state index contributed by atoms with van der Waals surface area (Å²) in [6, 6.07) is 1.66. The molecule has 2 N–H and O–H groups in total. The fourth-order valence-corrected chi connectivity index (χ4v) is 1.43. The van der Waals surface area contributed by atoms with Gasteiger partial charge in [0.25, 0.3) is 0 Å². The van der Waals surface area contributed by atoms with Crippen LogP contribution in [0.2, 0.25) is 5.02 Å². The van der Waals surface area contributed by atoms with Gasteiger partial charge in [0.05, 0.1) is 11.2 Å². The smallest absolute Gasteiger partial charge is 0.227 e. The minimum absolute atomic E-state index is 0.309. The maximum Gasteiger partial charge on any atom is 0.227 e. The average Bonchev–Trinajstić information content (AvgIpc) is 2.29. The quantitative estimate of drug-likeness (QED) is 0.903. The Morgan fingerprint density at radius 2 is 2.18 bits per heavy atom. The number of nitrogens with two attached hydrogens (primary N) is 1. The van der Waals surface area contributed by atoms with Crippen molar-refractivity contribution < 1.29 is 4.74 Å². The number of rotatable bonds is 3. The van der Waals surface area contributed by atoms with Gasteiger partial charge in [-0.15, -0.1) is 0 Å². The van der Waals surface area contributed by atoms with Crippen LogP contribution in [0.5, 0.6) is 11.6 Å². The van der Waals surface area contributed by atoms with E-state index in [1.165, 1.54) is 6.20 Å². The van der Waals surface area contributed by atoms with E-state index in [9.17, 15) is 0 Å². The van der Waals surface area contributed by atoms with E-state index in [1.54, 1.807) is 25.4 Å². The Morgan fingerprint density at radius 1 is 1.35 bits per heavy atom. The Morgan fingerprint density at radius 3 is 2.88 bits per heavy atom. The molecular formula is C11H11ClN4O. The molecule has 0 radical (unpaired) electrons. The van der Waals surface area contributed by atoms with Crippen LogP contribution in [0.25, 0.3) is 0 Å². The lowest BCUT2D eigenvalue weighted by molar-refractivity contribution is 0.451. The predicted molar refractivity (Wildman–Crippen MR) is 64.0 cm³/mol. The molecule has 17 heavy (non-hydrogen) atoms. The molecule has 0 atom stereocenters. The van der Waals surface area contributed by atoms with E-state index in [1.807, 2.05) is 0 Å². The molecule has 2 heterocycles. The first-order valence-electron chi connectivity index (χ1n) is 5.00. The van der Waals surface area contributed by atoms with Crippen molar-refractivity contribution in [1.29, 1.82) is 0 Å².